The Balaban J connectivity index is 1.66. The number of halogens is 2. The van der Waals surface area contributed by atoms with Crippen LogP contribution < -0.4 is 9.64 Å². The summed E-state index contributed by atoms with van der Waals surface area (Å²) in [5, 5.41) is 11.4. The summed E-state index contributed by atoms with van der Waals surface area (Å²) in [4.78, 5) is 48.8. The Morgan fingerprint density at radius 2 is 1.97 bits per heavy atom. The summed E-state index contributed by atoms with van der Waals surface area (Å²) in [6.45, 7) is -0.548. The van der Waals surface area contributed by atoms with E-state index < -0.39 is 29.2 Å². The van der Waals surface area contributed by atoms with Crippen molar-refractivity contribution in [3.8, 4) is 5.75 Å². The summed E-state index contributed by atoms with van der Waals surface area (Å²) >= 11 is 11.8. The van der Waals surface area contributed by atoms with E-state index in [0.717, 1.165) is 0 Å². The lowest BCUT2D eigenvalue weighted by molar-refractivity contribution is -0.384. The summed E-state index contributed by atoms with van der Waals surface area (Å²) < 4.78 is 10.2. The molecule has 0 radical (unpaired) electrons. The molecular formula is C20H16Cl2N2O7. The molecule has 0 aliphatic carbocycles. The second-order valence-electron chi connectivity index (χ2n) is 6.67. The first-order valence-electron chi connectivity index (χ1n) is 8.99. The van der Waals surface area contributed by atoms with Crippen molar-refractivity contribution < 1.29 is 28.8 Å². The quantitative estimate of drug-likeness (QED) is 0.264. The Kier molecular flexibility index (Phi) is 6.77. The van der Waals surface area contributed by atoms with E-state index in [4.69, 9.17) is 32.7 Å². The van der Waals surface area contributed by atoms with Crippen molar-refractivity contribution in [3.63, 3.8) is 0 Å². The number of nitro benzene ring substituents is 1. The minimum atomic E-state index is -0.805. The third-order valence-corrected chi connectivity index (χ3v) is 5.25. The van der Waals surface area contributed by atoms with Gasteiger partial charge in [-0.2, -0.15) is 0 Å². The van der Waals surface area contributed by atoms with Crippen LogP contribution in [-0.2, 0) is 14.3 Å². The van der Waals surface area contributed by atoms with Crippen molar-refractivity contribution in [3.05, 3.63) is 62.1 Å². The van der Waals surface area contributed by atoms with Gasteiger partial charge in [0.15, 0.2) is 6.61 Å². The number of hydrogen-bond donors (Lipinski definition) is 0. The van der Waals surface area contributed by atoms with E-state index in [1.165, 1.54) is 48.4 Å². The van der Waals surface area contributed by atoms with Crippen molar-refractivity contribution >= 4 is 52.2 Å². The van der Waals surface area contributed by atoms with E-state index in [2.05, 4.69) is 0 Å². The second kappa shape index (κ2) is 9.32. The number of ether oxygens (including phenoxy) is 2. The number of methoxy groups -OCH3 is 1. The number of Topliss-reactive ketones (excluding diaryl/α,β-unsaturated/α-hetero) is 1. The maximum atomic E-state index is 12.4. The molecule has 162 valence electrons. The molecule has 0 aromatic heterocycles. The average molecular weight is 467 g/mol. The third kappa shape index (κ3) is 4.95. The van der Waals surface area contributed by atoms with Gasteiger partial charge in [-0.15, -0.1) is 0 Å². The van der Waals surface area contributed by atoms with Crippen LogP contribution >= 0.6 is 23.2 Å². The molecule has 3 rings (SSSR count). The summed E-state index contributed by atoms with van der Waals surface area (Å²) in [6.07, 6.45) is -0.130. The number of nitro groups is 1. The zero-order valence-electron chi connectivity index (χ0n) is 16.2. The van der Waals surface area contributed by atoms with Crippen molar-refractivity contribution in [1.29, 1.82) is 0 Å². The molecule has 1 aliphatic rings. The fraction of sp³-hybridized carbons (Fsp3) is 0.250. The van der Waals surface area contributed by atoms with Gasteiger partial charge in [0.2, 0.25) is 11.7 Å². The molecule has 1 fully saturated rings. The van der Waals surface area contributed by atoms with E-state index in [-0.39, 0.29) is 40.9 Å². The molecule has 0 N–H and O–H groups in total. The van der Waals surface area contributed by atoms with Crippen LogP contribution in [0.3, 0.4) is 0 Å². The topological polar surface area (TPSA) is 116 Å². The Morgan fingerprint density at radius 1 is 1.23 bits per heavy atom. The molecule has 1 heterocycles. The van der Waals surface area contributed by atoms with Gasteiger partial charge in [-0.05, 0) is 24.3 Å². The molecule has 31 heavy (non-hydrogen) atoms. The molecular weight excluding hydrogens is 451 g/mol. The van der Waals surface area contributed by atoms with Crippen molar-refractivity contribution in [2.75, 3.05) is 25.2 Å². The van der Waals surface area contributed by atoms with Crippen LogP contribution in [0.1, 0.15) is 16.8 Å². The van der Waals surface area contributed by atoms with Crippen LogP contribution in [0.15, 0.2) is 36.4 Å². The molecule has 0 saturated carbocycles. The number of hydrogen-bond acceptors (Lipinski definition) is 7. The molecule has 9 nitrogen and oxygen atoms in total. The van der Waals surface area contributed by atoms with Gasteiger partial charge in [-0.25, -0.2) is 0 Å². The van der Waals surface area contributed by atoms with E-state index in [9.17, 15) is 24.5 Å². The molecule has 1 amide bonds. The molecule has 2 aromatic carbocycles. The molecule has 0 unspecified atom stereocenters. The van der Waals surface area contributed by atoms with Gasteiger partial charge in [0, 0.05) is 29.6 Å². The largest absolute Gasteiger partial charge is 0.494 e. The predicted octanol–water partition coefficient (Wildman–Crippen LogP) is 3.69. The lowest BCUT2D eigenvalue weighted by Gasteiger charge is -2.19. The van der Waals surface area contributed by atoms with Crippen molar-refractivity contribution in [1.82, 2.24) is 0 Å². The fourth-order valence-electron chi connectivity index (χ4n) is 3.15. The maximum absolute atomic E-state index is 12.4. The van der Waals surface area contributed by atoms with E-state index >= 15 is 0 Å². The van der Waals surface area contributed by atoms with Gasteiger partial charge in [-0.3, -0.25) is 24.5 Å². The summed E-state index contributed by atoms with van der Waals surface area (Å²) in [5.74, 6) is -2.27. The monoisotopic (exact) mass is 466 g/mol. The number of non-ortho nitro benzene ring substituents is 1. The molecule has 11 heteroatoms. The molecule has 1 atom stereocenters. The molecule has 2 aromatic rings. The number of anilines is 1. The van der Waals surface area contributed by atoms with Crippen LogP contribution in [0, 0.1) is 16.0 Å². The Hall–Kier alpha value is -3.17. The first-order valence-corrected chi connectivity index (χ1v) is 9.74. The highest BCUT2D eigenvalue weighted by Crippen LogP contribution is 2.36. The SMILES string of the molecule is COc1cc([N+](=O)[O-])ccc1N1C[C@H](C(=O)OCC(=O)c2ccc(Cl)cc2Cl)CC1=O. The number of carbonyl (C=O) groups is 3. The van der Waals surface area contributed by atoms with Crippen LogP contribution in [-0.4, -0.2) is 42.8 Å². The lowest BCUT2D eigenvalue weighted by atomic mass is 10.1. The minimum Gasteiger partial charge on any atom is -0.494 e. The second-order valence-corrected chi connectivity index (χ2v) is 7.52. The minimum absolute atomic E-state index is 0.0122. The predicted molar refractivity (Wildman–Crippen MR) is 112 cm³/mol. The number of nitrogens with zero attached hydrogens (tertiary/aromatic N) is 2. The van der Waals surface area contributed by atoms with Gasteiger partial charge in [-0.1, -0.05) is 23.2 Å². The number of rotatable bonds is 7. The summed E-state index contributed by atoms with van der Waals surface area (Å²) in [5.41, 5.74) is 0.276. The smallest absolute Gasteiger partial charge is 0.311 e. The van der Waals surface area contributed by atoms with E-state index in [1.54, 1.807) is 0 Å². The number of amides is 1. The number of benzene rings is 2. The highest BCUT2D eigenvalue weighted by molar-refractivity contribution is 6.36. The van der Waals surface area contributed by atoms with Crippen LogP contribution in [0.25, 0.3) is 0 Å². The molecule has 1 saturated heterocycles. The Morgan fingerprint density at radius 3 is 2.61 bits per heavy atom. The molecule has 0 spiro atoms. The Labute approximate surface area is 186 Å². The number of ketones is 1. The zero-order valence-corrected chi connectivity index (χ0v) is 17.7. The van der Waals surface area contributed by atoms with Gasteiger partial charge >= 0.3 is 5.97 Å². The number of esters is 1. The van der Waals surface area contributed by atoms with Gasteiger partial charge in [0.05, 0.1) is 34.7 Å². The standard InChI is InChI=1S/C20H16Cl2N2O7/c1-30-18-8-13(24(28)29)3-5-16(18)23-9-11(6-19(23)26)20(27)31-10-17(25)14-4-2-12(21)7-15(14)22/h2-5,7-8,11H,6,9-10H2,1H3/t11-/m1/s1. The van der Waals surface area contributed by atoms with Crippen molar-refractivity contribution in [2.24, 2.45) is 5.92 Å². The highest BCUT2D eigenvalue weighted by Gasteiger charge is 2.37. The summed E-state index contributed by atoms with van der Waals surface area (Å²) in [7, 11) is 1.32. The molecule has 1 aliphatic heterocycles. The van der Waals surface area contributed by atoms with Crippen LogP contribution in [0.2, 0.25) is 10.0 Å². The maximum Gasteiger partial charge on any atom is 0.311 e. The highest BCUT2D eigenvalue weighted by atomic mass is 35.5. The third-order valence-electron chi connectivity index (χ3n) is 4.70. The number of carbonyl (C=O) groups excluding carboxylic acids is 3. The van der Waals surface area contributed by atoms with Gasteiger partial charge in [0.25, 0.3) is 5.69 Å². The van der Waals surface area contributed by atoms with Crippen LogP contribution in [0.4, 0.5) is 11.4 Å². The summed E-state index contributed by atoms with van der Waals surface area (Å²) in [6, 6.07) is 8.15. The van der Waals surface area contributed by atoms with E-state index in [0.29, 0.717) is 10.7 Å². The van der Waals surface area contributed by atoms with Gasteiger partial charge in [0.1, 0.15) is 5.75 Å². The fourth-order valence-corrected chi connectivity index (χ4v) is 3.66. The normalized spacial score (nSPS) is 15.6. The van der Waals surface area contributed by atoms with Gasteiger partial charge < -0.3 is 14.4 Å². The van der Waals surface area contributed by atoms with E-state index in [1.807, 2.05) is 0 Å². The molecule has 0 bridgehead atoms. The zero-order chi connectivity index (χ0) is 22.7. The van der Waals surface area contributed by atoms with Crippen molar-refractivity contribution in [2.45, 2.75) is 6.42 Å². The first-order chi connectivity index (χ1) is 14.7. The average Bonchev–Trinajstić information content (AvgIpc) is 3.12. The van der Waals surface area contributed by atoms with Crippen LogP contribution in [0.5, 0.6) is 5.75 Å². The Bertz CT molecular complexity index is 1070. The lowest BCUT2D eigenvalue weighted by Crippen LogP contribution is -2.27. The first kappa shape index (κ1) is 22.5.